The standard InChI is InChI=1S/C13H13N3O4S/c1-21(19,20)13-15-8-10(12(17)18)11(16-13)14-7-9-5-3-2-4-6-9/h2-6,8H,7H2,1H3,(H,17,18)(H,14,15,16). The Hall–Kier alpha value is -2.48. The fourth-order valence-corrected chi connectivity index (χ4v) is 2.12. The predicted molar refractivity (Wildman–Crippen MR) is 75.9 cm³/mol. The van der Waals surface area contributed by atoms with E-state index >= 15 is 0 Å². The van der Waals surface area contributed by atoms with Crippen LogP contribution in [0.15, 0.2) is 41.7 Å². The van der Waals surface area contributed by atoms with Gasteiger partial charge in [0.1, 0.15) is 11.4 Å². The molecule has 7 nitrogen and oxygen atoms in total. The van der Waals surface area contributed by atoms with Crippen LogP contribution in [0.1, 0.15) is 15.9 Å². The number of carboxylic acid groups (broad SMARTS) is 1. The molecule has 0 saturated heterocycles. The van der Waals surface area contributed by atoms with E-state index in [0.29, 0.717) is 6.54 Å². The third-order valence-electron chi connectivity index (χ3n) is 2.63. The van der Waals surface area contributed by atoms with Crippen LogP contribution in [-0.4, -0.2) is 35.7 Å². The lowest BCUT2D eigenvalue weighted by atomic mass is 10.2. The molecule has 0 aliphatic rings. The summed E-state index contributed by atoms with van der Waals surface area (Å²) in [6, 6.07) is 9.25. The molecule has 0 aliphatic carbocycles. The van der Waals surface area contributed by atoms with Crippen LogP contribution in [-0.2, 0) is 16.4 Å². The summed E-state index contributed by atoms with van der Waals surface area (Å²) in [7, 11) is -3.61. The Morgan fingerprint density at radius 2 is 1.95 bits per heavy atom. The van der Waals surface area contributed by atoms with Crippen molar-refractivity contribution in [2.45, 2.75) is 11.7 Å². The molecule has 0 unspecified atom stereocenters. The van der Waals surface area contributed by atoms with E-state index in [1.807, 2.05) is 30.3 Å². The van der Waals surface area contributed by atoms with Gasteiger partial charge in [0.15, 0.2) is 0 Å². The number of benzene rings is 1. The summed E-state index contributed by atoms with van der Waals surface area (Å²) in [6.45, 7) is 0.321. The van der Waals surface area contributed by atoms with Gasteiger partial charge >= 0.3 is 5.97 Å². The summed E-state index contributed by atoms with van der Waals surface area (Å²) >= 11 is 0. The maximum atomic E-state index is 11.4. The van der Waals surface area contributed by atoms with Crippen molar-refractivity contribution < 1.29 is 18.3 Å². The van der Waals surface area contributed by atoms with Crippen molar-refractivity contribution in [3.8, 4) is 0 Å². The van der Waals surface area contributed by atoms with Crippen molar-refractivity contribution in [3.63, 3.8) is 0 Å². The van der Waals surface area contributed by atoms with Gasteiger partial charge in [-0.3, -0.25) is 0 Å². The van der Waals surface area contributed by atoms with Crippen LogP contribution in [0.2, 0.25) is 0 Å². The number of aromatic nitrogens is 2. The molecule has 2 rings (SSSR count). The Balaban J connectivity index is 2.33. The van der Waals surface area contributed by atoms with Gasteiger partial charge in [-0.1, -0.05) is 30.3 Å². The van der Waals surface area contributed by atoms with Crippen molar-refractivity contribution >= 4 is 21.6 Å². The molecular weight excluding hydrogens is 294 g/mol. The fraction of sp³-hybridized carbons (Fsp3) is 0.154. The van der Waals surface area contributed by atoms with E-state index in [2.05, 4.69) is 15.3 Å². The summed E-state index contributed by atoms with van der Waals surface area (Å²) < 4.78 is 22.9. The smallest absolute Gasteiger partial charge is 0.341 e. The number of sulfone groups is 1. The zero-order valence-electron chi connectivity index (χ0n) is 11.1. The second-order valence-electron chi connectivity index (χ2n) is 4.33. The number of nitrogens with zero attached hydrogens (tertiary/aromatic N) is 2. The van der Waals surface area contributed by atoms with Crippen molar-refractivity contribution in [1.29, 1.82) is 0 Å². The van der Waals surface area contributed by atoms with Gasteiger partial charge in [0.05, 0.1) is 0 Å². The molecular formula is C13H13N3O4S. The molecule has 2 N–H and O–H groups in total. The molecule has 8 heteroatoms. The molecule has 0 saturated carbocycles. The zero-order valence-corrected chi connectivity index (χ0v) is 12.0. The molecule has 0 atom stereocenters. The van der Waals surface area contributed by atoms with E-state index in [4.69, 9.17) is 5.11 Å². The Labute approximate surface area is 121 Å². The molecule has 21 heavy (non-hydrogen) atoms. The number of nitrogens with one attached hydrogen (secondary N) is 1. The molecule has 1 aromatic heterocycles. The first-order valence-electron chi connectivity index (χ1n) is 5.96. The number of hydrogen-bond acceptors (Lipinski definition) is 6. The van der Waals surface area contributed by atoms with Crippen LogP contribution in [0, 0.1) is 0 Å². The molecule has 0 radical (unpaired) electrons. The fourth-order valence-electron chi connectivity index (χ4n) is 1.62. The lowest BCUT2D eigenvalue weighted by Crippen LogP contribution is -2.13. The first-order valence-corrected chi connectivity index (χ1v) is 7.85. The maximum Gasteiger partial charge on any atom is 0.341 e. The number of aromatic carboxylic acids is 1. The van der Waals surface area contributed by atoms with E-state index in [1.54, 1.807) is 0 Å². The molecule has 1 heterocycles. The highest BCUT2D eigenvalue weighted by molar-refractivity contribution is 7.90. The predicted octanol–water partition coefficient (Wildman–Crippen LogP) is 1.19. The van der Waals surface area contributed by atoms with Gasteiger partial charge in [-0.05, 0) is 5.56 Å². The highest BCUT2D eigenvalue weighted by Gasteiger charge is 2.18. The molecule has 0 amide bonds. The van der Waals surface area contributed by atoms with Crippen molar-refractivity contribution in [2.75, 3.05) is 11.6 Å². The van der Waals surface area contributed by atoms with Crippen molar-refractivity contribution in [2.24, 2.45) is 0 Å². The third-order valence-corrected chi connectivity index (χ3v) is 3.49. The second kappa shape index (κ2) is 5.88. The Morgan fingerprint density at radius 1 is 1.29 bits per heavy atom. The first kappa shape index (κ1) is 14.9. The van der Waals surface area contributed by atoms with E-state index in [0.717, 1.165) is 18.0 Å². The Kier molecular flexibility index (Phi) is 4.18. The summed E-state index contributed by atoms with van der Waals surface area (Å²) in [4.78, 5) is 18.5. The van der Waals surface area contributed by atoms with Gasteiger partial charge < -0.3 is 10.4 Å². The Morgan fingerprint density at radius 3 is 2.52 bits per heavy atom. The normalized spacial score (nSPS) is 11.1. The van der Waals surface area contributed by atoms with E-state index in [1.165, 1.54) is 0 Å². The molecule has 1 aromatic carbocycles. The summed E-state index contributed by atoms with van der Waals surface area (Å²) in [5.74, 6) is -1.26. The lowest BCUT2D eigenvalue weighted by Gasteiger charge is -2.09. The molecule has 0 aliphatic heterocycles. The molecule has 0 spiro atoms. The van der Waals surface area contributed by atoms with Gasteiger partial charge in [-0.15, -0.1) is 0 Å². The quantitative estimate of drug-likeness (QED) is 0.798. The average Bonchev–Trinajstić information content (AvgIpc) is 2.45. The van der Waals surface area contributed by atoms with Crippen LogP contribution in [0.3, 0.4) is 0 Å². The van der Waals surface area contributed by atoms with Crippen LogP contribution in [0.4, 0.5) is 5.82 Å². The topological polar surface area (TPSA) is 109 Å². The van der Waals surface area contributed by atoms with Gasteiger partial charge in [0.2, 0.25) is 15.0 Å². The molecule has 110 valence electrons. The molecule has 0 bridgehead atoms. The van der Waals surface area contributed by atoms with Gasteiger partial charge in [-0.25, -0.2) is 23.2 Å². The molecule has 0 fully saturated rings. The number of carbonyl (C=O) groups is 1. The minimum Gasteiger partial charge on any atom is -0.477 e. The van der Waals surface area contributed by atoms with Crippen molar-refractivity contribution in [1.82, 2.24) is 9.97 Å². The Bertz CT molecular complexity index is 760. The minimum absolute atomic E-state index is 0.0261. The van der Waals surface area contributed by atoms with Crippen LogP contribution >= 0.6 is 0 Å². The van der Waals surface area contributed by atoms with Crippen LogP contribution in [0.5, 0.6) is 0 Å². The SMILES string of the molecule is CS(=O)(=O)c1ncc(C(=O)O)c(NCc2ccccc2)n1. The highest BCUT2D eigenvalue weighted by Crippen LogP contribution is 2.15. The van der Waals surface area contributed by atoms with E-state index in [9.17, 15) is 13.2 Å². The van der Waals surface area contributed by atoms with Crippen LogP contribution < -0.4 is 5.32 Å². The zero-order chi connectivity index (χ0) is 15.5. The maximum absolute atomic E-state index is 11.4. The van der Waals surface area contributed by atoms with Crippen molar-refractivity contribution in [3.05, 3.63) is 47.7 Å². The van der Waals surface area contributed by atoms with Crippen LogP contribution in [0.25, 0.3) is 0 Å². The summed E-state index contributed by atoms with van der Waals surface area (Å²) in [6.07, 6.45) is 1.95. The minimum atomic E-state index is -3.61. The average molecular weight is 307 g/mol. The van der Waals surface area contributed by atoms with E-state index < -0.39 is 21.0 Å². The summed E-state index contributed by atoms with van der Waals surface area (Å²) in [5, 5.41) is 11.5. The second-order valence-corrected chi connectivity index (χ2v) is 6.24. The largest absolute Gasteiger partial charge is 0.477 e. The molecule has 2 aromatic rings. The lowest BCUT2D eigenvalue weighted by molar-refractivity contribution is 0.0696. The van der Waals surface area contributed by atoms with Gasteiger partial charge in [0.25, 0.3) is 0 Å². The third kappa shape index (κ3) is 3.76. The van der Waals surface area contributed by atoms with Gasteiger partial charge in [-0.2, -0.15) is 0 Å². The number of carboxylic acids is 1. The van der Waals surface area contributed by atoms with E-state index in [-0.39, 0.29) is 11.4 Å². The number of anilines is 1. The summed E-state index contributed by atoms with van der Waals surface area (Å²) in [5.41, 5.74) is 0.728. The highest BCUT2D eigenvalue weighted by atomic mass is 32.2. The number of hydrogen-bond donors (Lipinski definition) is 2. The number of rotatable bonds is 5. The van der Waals surface area contributed by atoms with Gasteiger partial charge in [0, 0.05) is 19.0 Å². The first-order chi connectivity index (χ1) is 9.88. The monoisotopic (exact) mass is 307 g/mol.